The SMILES string of the molecule is CNc1ccncc1CC(C)c1ncc(C)n(CC(=O)NCCON=C(N)N)c1=O. The molecule has 11 heteroatoms. The van der Waals surface area contributed by atoms with Gasteiger partial charge in [-0.1, -0.05) is 6.92 Å². The molecular weight excluding hydrogens is 388 g/mol. The van der Waals surface area contributed by atoms with E-state index in [0.717, 1.165) is 11.3 Å². The number of carbonyl (C=O) groups excluding carboxylic acids is 1. The topological polar surface area (TPSA) is 163 Å². The predicted molar refractivity (Wildman–Crippen MR) is 114 cm³/mol. The van der Waals surface area contributed by atoms with Gasteiger partial charge < -0.3 is 31.5 Å². The lowest BCUT2D eigenvalue weighted by Crippen LogP contribution is -2.36. The van der Waals surface area contributed by atoms with Gasteiger partial charge in [-0.25, -0.2) is 0 Å². The van der Waals surface area contributed by atoms with Crippen molar-refractivity contribution in [2.45, 2.75) is 32.7 Å². The Balaban J connectivity index is 2.08. The molecule has 2 heterocycles. The van der Waals surface area contributed by atoms with Crippen LogP contribution >= 0.6 is 0 Å². The number of aryl methyl sites for hydroxylation is 1. The maximum absolute atomic E-state index is 13.0. The standard InChI is InChI=1S/C19H28N8O3/c1-12(8-14-10-23-5-4-15(14)22-3)17-18(29)27(13(2)9-25-17)11-16(28)24-6-7-30-26-19(20)21/h4-5,9-10,12H,6-8,11H2,1-3H3,(H,22,23)(H,24,28)(H4,20,21,26). The van der Waals surface area contributed by atoms with Crippen LogP contribution in [0.2, 0.25) is 0 Å². The van der Waals surface area contributed by atoms with Crippen LogP contribution in [0.3, 0.4) is 0 Å². The van der Waals surface area contributed by atoms with Crippen molar-refractivity contribution in [3.63, 3.8) is 0 Å². The van der Waals surface area contributed by atoms with Crippen molar-refractivity contribution in [2.24, 2.45) is 16.6 Å². The van der Waals surface area contributed by atoms with E-state index in [1.807, 2.05) is 20.0 Å². The summed E-state index contributed by atoms with van der Waals surface area (Å²) in [7, 11) is 1.83. The molecule has 1 unspecified atom stereocenters. The van der Waals surface area contributed by atoms with Crippen molar-refractivity contribution in [3.8, 4) is 0 Å². The quantitative estimate of drug-likeness (QED) is 0.177. The second-order valence-electron chi connectivity index (χ2n) is 6.76. The van der Waals surface area contributed by atoms with Crippen LogP contribution in [0, 0.1) is 6.92 Å². The second kappa shape index (κ2) is 10.8. The second-order valence-corrected chi connectivity index (χ2v) is 6.76. The molecule has 1 amide bonds. The third-order valence-electron chi connectivity index (χ3n) is 4.43. The molecule has 162 valence electrons. The van der Waals surface area contributed by atoms with Gasteiger partial charge in [-0.05, 0) is 30.1 Å². The summed E-state index contributed by atoms with van der Waals surface area (Å²) < 4.78 is 1.41. The van der Waals surface area contributed by atoms with Crippen LogP contribution in [0.15, 0.2) is 34.6 Å². The fraction of sp³-hybridized carbons (Fsp3) is 0.421. The van der Waals surface area contributed by atoms with Crippen LogP contribution in [-0.4, -0.2) is 46.6 Å². The molecule has 1 atom stereocenters. The zero-order chi connectivity index (χ0) is 22.1. The Morgan fingerprint density at radius 1 is 1.37 bits per heavy atom. The number of amides is 1. The molecule has 0 aliphatic heterocycles. The van der Waals surface area contributed by atoms with E-state index in [-0.39, 0.29) is 43.0 Å². The highest BCUT2D eigenvalue weighted by atomic mass is 16.6. The summed E-state index contributed by atoms with van der Waals surface area (Å²) in [5.41, 5.74) is 12.9. The van der Waals surface area contributed by atoms with E-state index >= 15 is 0 Å². The number of rotatable bonds is 10. The number of pyridine rings is 1. The van der Waals surface area contributed by atoms with E-state index in [0.29, 0.717) is 17.8 Å². The lowest BCUT2D eigenvalue weighted by molar-refractivity contribution is -0.122. The van der Waals surface area contributed by atoms with E-state index in [9.17, 15) is 9.59 Å². The number of anilines is 1. The van der Waals surface area contributed by atoms with E-state index in [4.69, 9.17) is 16.3 Å². The molecule has 0 fully saturated rings. The first kappa shape index (κ1) is 22.7. The van der Waals surface area contributed by atoms with Gasteiger partial charge in [0.25, 0.3) is 5.56 Å². The van der Waals surface area contributed by atoms with Gasteiger partial charge in [0, 0.05) is 42.9 Å². The summed E-state index contributed by atoms with van der Waals surface area (Å²) in [5, 5.41) is 9.13. The van der Waals surface area contributed by atoms with Crippen LogP contribution in [0.25, 0.3) is 0 Å². The smallest absolute Gasteiger partial charge is 0.273 e. The van der Waals surface area contributed by atoms with Gasteiger partial charge in [-0.3, -0.25) is 19.6 Å². The van der Waals surface area contributed by atoms with E-state index < -0.39 is 0 Å². The molecule has 0 aliphatic rings. The summed E-state index contributed by atoms with van der Waals surface area (Å²) in [6.45, 7) is 3.85. The van der Waals surface area contributed by atoms with E-state index in [1.54, 1.807) is 25.5 Å². The highest BCUT2D eigenvalue weighted by molar-refractivity contribution is 5.76. The van der Waals surface area contributed by atoms with Crippen molar-refractivity contribution in [2.75, 3.05) is 25.5 Å². The van der Waals surface area contributed by atoms with Crippen molar-refractivity contribution in [1.29, 1.82) is 0 Å². The van der Waals surface area contributed by atoms with Gasteiger partial charge in [0.2, 0.25) is 11.9 Å². The van der Waals surface area contributed by atoms with Crippen LogP contribution in [0.5, 0.6) is 0 Å². The number of nitrogens with zero attached hydrogens (tertiary/aromatic N) is 4. The third kappa shape index (κ3) is 6.19. The largest absolute Gasteiger partial charge is 0.391 e. The Morgan fingerprint density at radius 2 is 2.13 bits per heavy atom. The Hall–Kier alpha value is -3.63. The van der Waals surface area contributed by atoms with E-state index in [1.165, 1.54) is 4.57 Å². The maximum Gasteiger partial charge on any atom is 0.273 e. The molecule has 2 aromatic rings. The van der Waals surface area contributed by atoms with E-state index in [2.05, 4.69) is 25.8 Å². The van der Waals surface area contributed by atoms with Crippen molar-refractivity contribution in [3.05, 3.63) is 52.0 Å². The first-order valence-corrected chi connectivity index (χ1v) is 9.48. The third-order valence-corrected chi connectivity index (χ3v) is 4.43. The number of aromatic nitrogens is 3. The molecule has 0 spiro atoms. The number of carbonyl (C=O) groups is 1. The Kier molecular flexibility index (Phi) is 8.15. The van der Waals surface area contributed by atoms with Crippen LogP contribution < -0.4 is 27.7 Å². The van der Waals surface area contributed by atoms with Gasteiger partial charge in [0.1, 0.15) is 18.8 Å². The molecule has 0 aromatic carbocycles. The highest BCUT2D eigenvalue weighted by Gasteiger charge is 2.18. The summed E-state index contributed by atoms with van der Waals surface area (Å²) in [6, 6.07) is 1.88. The molecule has 2 aromatic heterocycles. The number of hydrogen-bond acceptors (Lipinski definition) is 7. The summed E-state index contributed by atoms with van der Waals surface area (Å²) in [4.78, 5) is 38.5. The fourth-order valence-electron chi connectivity index (χ4n) is 2.94. The Bertz CT molecular complexity index is 953. The van der Waals surface area contributed by atoms with Gasteiger partial charge in [-0.2, -0.15) is 0 Å². The minimum absolute atomic E-state index is 0.106. The average Bonchev–Trinajstić information content (AvgIpc) is 2.71. The molecule has 0 radical (unpaired) electrons. The molecule has 6 N–H and O–H groups in total. The van der Waals surface area contributed by atoms with Crippen LogP contribution in [0.4, 0.5) is 5.69 Å². The zero-order valence-corrected chi connectivity index (χ0v) is 17.4. The van der Waals surface area contributed by atoms with Gasteiger partial charge in [0.05, 0.1) is 6.54 Å². The molecular formula is C19H28N8O3. The molecule has 0 saturated carbocycles. The first-order valence-electron chi connectivity index (χ1n) is 9.48. The van der Waals surface area contributed by atoms with Gasteiger partial charge in [0.15, 0.2) is 0 Å². The van der Waals surface area contributed by atoms with Crippen LogP contribution in [0.1, 0.15) is 29.8 Å². The Morgan fingerprint density at radius 3 is 2.83 bits per heavy atom. The number of guanidine groups is 1. The van der Waals surface area contributed by atoms with Crippen molar-refractivity contribution >= 4 is 17.6 Å². The first-order chi connectivity index (χ1) is 14.3. The highest BCUT2D eigenvalue weighted by Crippen LogP contribution is 2.21. The number of nitrogens with two attached hydrogens (primary N) is 2. The summed E-state index contributed by atoms with van der Waals surface area (Å²) >= 11 is 0. The molecule has 11 nitrogen and oxygen atoms in total. The monoisotopic (exact) mass is 416 g/mol. The zero-order valence-electron chi connectivity index (χ0n) is 17.4. The van der Waals surface area contributed by atoms with Crippen molar-refractivity contribution in [1.82, 2.24) is 19.9 Å². The number of hydrogen-bond donors (Lipinski definition) is 4. The average molecular weight is 416 g/mol. The summed E-state index contributed by atoms with van der Waals surface area (Å²) in [6.07, 6.45) is 5.67. The molecule has 0 bridgehead atoms. The van der Waals surface area contributed by atoms with Crippen molar-refractivity contribution < 1.29 is 9.63 Å². The Labute approximate surface area is 174 Å². The molecule has 0 aliphatic carbocycles. The lowest BCUT2D eigenvalue weighted by Gasteiger charge is -2.16. The number of nitrogens with one attached hydrogen (secondary N) is 2. The molecule has 2 rings (SSSR count). The predicted octanol–water partition coefficient (Wildman–Crippen LogP) is -0.344. The van der Waals surface area contributed by atoms with Gasteiger partial charge >= 0.3 is 0 Å². The minimum atomic E-state index is -0.331. The number of oxime groups is 1. The lowest BCUT2D eigenvalue weighted by atomic mass is 9.98. The molecule has 30 heavy (non-hydrogen) atoms. The normalized spacial score (nSPS) is 11.4. The summed E-state index contributed by atoms with van der Waals surface area (Å²) in [5.74, 6) is -0.685. The minimum Gasteiger partial charge on any atom is -0.391 e. The van der Waals surface area contributed by atoms with Crippen LogP contribution in [-0.2, 0) is 22.6 Å². The molecule has 0 saturated heterocycles. The maximum atomic E-state index is 13.0. The fourth-order valence-corrected chi connectivity index (χ4v) is 2.94. The van der Waals surface area contributed by atoms with Gasteiger partial charge in [-0.15, -0.1) is 0 Å².